The summed E-state index contributed by atoms with van der Waals surface area (Å²) in [7, 11) is 13.3. The van der Waals surface area contributed by atoms with Crippen molar-refractivity contribution < 1.29 is 164 Å². The minimum atomic E-state index is -1.00. The topological polar surface area (TPSA) is 397 Å². The van der Waals surface area contributed by atoms with Crippen LogP contribution in [0, 0.1) is 0 Å². The fourth-order valence-corrected chi connectivity index (χ4v) is 14.9. The third-order valence-electron chi connectivity index (χ3n) is 23.5. The van der Waals surface area contributed by atoms with Crippen LogP contribution < -0.4 is 40.1 Å². The zero-order chi connectivity index (χ0) is 108. The van der Waals surface area contributed by atoms with E-state index in [9.17, 15) is 47.5 Å². The number of amides is 7. The molecule has 12 rings (SSSR count). The van der Waals surface area contributed by atoms with Crippen LogP contribution in [-0.4, -0.2) is 414 Å². The van der Waals surface area contributed by atoms with E-state index in [1.165, 1.54) is 37.8 Å². The molecule has 6 saturated carbocycles. The second kappa shape index (κ2) is 75.4. The van der Waals surface area contributed by atoms with Crippen molar-refractivity contribution in [3.05, 3.63) is 71.8 Å². The van der Waals surface area contributed by atoms with E-state index in [4.69, 9.17) is 77.9 Å². The van der Waals surface area contributed by atoms with Crippen LogP contribution in [0.25, 0.3) is 0 Å². The fourth-order valence-electron chi connectivity index (χ4n) is 14.9. The second-order valence-electron chi connectivity index (χ2n) is 41.7. The number of nitrogens with one attached hydrogen (secondary N) is 4. The van der Waals surface area contributed by atoms with E-state index >= 15 is 0 Å². The van der Waals surface area contributed by atoms with Crippen LogP contribution >= 0.6 is 9.82 Å². The number of carbonyl (C=O) groups is 9. The van der Waals surface area contributed by atoms with Gasteiger partial charge in [-0.3, -0.25) is 23.8 Å². The molecule has 4 saturated heterocycles. The van der Waals surface area contributed by atoms with Gasteiger partial charge < -0.3 is 129 Å². The summed E-state index contributed by atoms with van der Waals surface area (Å²) in [5.41, 5.74) is -0.256. The van der Waals surface area contributed by atoms with Crippen LogP contribution in [0.4, 0.5) is 38.0 Å². The molecule has 829 valence electrons. The Labute approximate surface area is 898 Å². The number of carbonyl (C=O) groups excluding carboxylic acids is 9. The summed E-state index contributed by atoms with van der Waals surface area (Å²) in [6, 6.07) is 21.0. The molecule has 0 spiro atoms. The van der Waals surface area contributed by atoms with Crippen molar-refractivity contribution in [1.29, 1.82) is 0 Å². The van der Waals surface area contributed by atoms with Crippen LogP contribution in [0.1, 0.15) is 235 Å². The minimum absolute atomic E-state index is 0. The molecule has 42 heteroatoms. The number of alkyl halides is 1. The van der Waals surface area contributed by atoms with E-state index in [0.29, 0.717) is 57.8 Å². The molecule has 6 N–H and O–H groups in total. The van der Waals surface area contributed by atoms with Gasteiger partial charge in [0.2, 0.25) is 0 Å². The van der Waals surface area contributed by atoms with Crippen molar-refractivity contribution in [3.8, 4) is 0 Å². The molecule has 10 fully saturated rings. The maximum absolute atomic E-state index is 12.3. The Hall–Kier alpha value is -6.39. The summed E-state index contributed by atoms with van der Waals surface area (Å²) in [4.78, 5) is 119. The number of nitrogens with zero attached hydrogens (tertiary/aromatic N) is 8. The normalized spacial score (nSPS) is 22.2. The van der Waals surface area contributed by atoms with Gasteiger partial charge in [0.15, 0.2) is 11.6 Å². The molecular formula is C103H184BFLiN12O25SW. The predicted molar refractivity (Wildman–Crippen MR) is 554 cm³/mol. The number of halogens is 1. The third kappa shape index (κ3) is 63.5. The number of ether oxygens (including phenoxy) is 14. The number of ketones is 2. The van der Waals surface area contributed by atoms with Gasteiger partial charge in [-0.15, -0.1) is 0 Å². The van der Waals surface area contributed by atoms with E-state index in [0.717, 1.165) is 207 Å². The van der Waals surface area contributed by atoms with E-state index in [1.807, 2.05) is 179 Å². The van der Waals surface area contributed by atoms with E-state index < -0.39 is 41.3 Å². The van der Waals surface area contributed by atoms with Gasteiger partial charge >= 0.3 is 89.3 Å². The molecule has 4 heterocycles. The molecule has 2 aromatic rings. The van der Waals surface area contributed by atoms with E-state index in [-0.39, 0.29) is 151 Å². The molecule has 2 aromatic carbocycles. The molecule has 0 aromatic heterocycles. The van der Waals surface area contributed by atoms with Gasteiger partial charge in [0, 0.05) is 191 Å². The summed E-state index contributed by atoms with van der Waals surface area (Å²) in [5.74, 6) is 0.131. The van der Waals surface area contributed by atoms with Crippen molar-refractivity contribution in [2.75, 3.05) is 201 Å². The molecule has 7 amide bonds. The first-order valence-corrected chi connectivity index (χ1v) is 54.5. The van der Waals surface area contributed by atoms with Crippen LogP contribution in [-0.2, 0) is 107 Å². The molecule has 0 atom stereocenters. The number of hydrogen-bond donors (Lipinski definition) is 6. The fraction of sp³-hybridized carbons (Fsp3) is 0.796. The van der Waals surface area contributed by atoms with Crippen LogP contribution in [0.2, 0.25) is 0 Å². The number of hydrogen-bond acceptors (Lipinski definition) is 31. The number of benzene rings is 2. The first kappa shape index (κ1) is 137. The average Bonchev–Trinajstić information content (AvgIpc) is 1.01. The standard InChI is InChI=1S/C24H37N3O5.C16H31N3O3.C13H25NO3.C12H16N2O2.C12H21NO4.C12H23NO4.C8H15NO2.C4H8O.CH3F.CH4O.B.Li.S.W.H/c1-24(2,3)32-22(28)25(4)20-16-21(17-20)30-15-14-26-10-12-27(13-11-26)23(29)31-18-19-8-6-5-7-9-19;1-16(2,3)22-15(20)18(4)13-11-14(12-13)21-10-9-19-7-5-17-6-8-19;1-6-7-16-11-8-10(9-11)14(5)12(15)17-13(2,3)4;15-12(14-8-6-13-7-9-14)16-10-11-4-2-1-3-5-11;1-8(14)7-16-10-5-9(6-10)13-11(15)17-12(2,3)4;1-12(2,3)17-11(15)13(4)9-7-10(8-9)16-6-5-14;1-6(10)5-11-8-3-7(4-8)9-2;1-2-4-5-3-1;2*1-2;;;;;/h5-9,20-21H,10-18H2,1-4H3;13-14,17H,5-12H2,1-4H3;10-11H,6-9H2,1-5H3;1-5,13H,6-10H2;9-10H,5-7H2,1-4H3,(H,13,15);9-10,14H,5-8H2,1-4H3;7-9H,3-5H2,1-2H3;1-4H2;1H3;2H,1H3;;;;;/q;;;;;;;;;;;+1;;;-1/i;;;;;;;;1D;;;;;;. The number of aliphatic hydroxyl groups is 2. The number of piperazine rings is 3. The van der Waals surface area contributed by atoms with Gasteiger partial charge in [-0.25, -0.2) is 33.6 Å². The van der Waals surface area contributed by atoms with Gasteiger partial charge in [0.1, 0.15) is 54.4 Å². The maximum atomic E-state index is 12.3. The van der Waals surface area contributed by atoms with Gasteiger partial charge in [0.25, 0.3) is 0 Å². The van der Waals surface area contributed by atoms with Gasteiger partial charge in [-0.05, 0) is 232 Å². The monoisotopic (exact) mass is 2240 g/mol. The first-order chi connectivity index (χ1) is 68.0. The molecule has 6 aliphatic carbocycles. The Kier molecular flexibility index (Phi) is 71.0. The van der Waals surface area contributed by atoms with Crippen molar-refractivity contribution in [2.45, 2.75) is 335 Å². The van der Waals surface area contributed by atoms with Crippen LogP contribution in [0.15, 0.2) is 60.7 Å². The van der Waals surface area contributed by atoms with E-state index in [2.05, 4.69) is 47.8 Å². The summed E-state index contributed by atoms with van der Waals surface area (Å²) < 4.78 is 91.1. The number of rotatable bonds is 30. The average molecular weight is 2240 g/mol. The molecule has 3 radical (unpaired) electrons. The molecule has 4 aliphatic heterocycles. The van der Waals surface area contributed by atoms with Gasteiger partial charge in [0.05, 0.1) is 71.6 Å². The third-order valence-corrected chi connectivity index (χ3v) is 23.5. The Morgan fingerprint density at radius 1 is 0.462 bits per heavy atom. The molecule has 0 bridgehead atoms. The summed E-state index contributed by atoms with van der Waals surface area (Å²) in [6.45, 7) is 51.2. The van der Waals surface area contributed by atoms with Gasteiger partial charge in [-0.2, -0.15) is 0 Å². The van der Waals surface area contributed by atoms with Crippen LogP contribution in [0.5, 0.6) is 0 Å². The zero-order valence-corrected chi connectivity index (χ0v) is 96.1. The Bertz CT molecular complexity index is 3770. The number of Topliss-reactive ketones (excluding diaryl/α,β-unsaturated/α-hetero) is 2. The summed E-state index contributed by atoms with van der Waals surface area (Å²) >= 11 is 1.17. The van der Waals surface area contributed by atoms with Crippen molar-refractivity contribution in [1.82, 2.24) is 60.5 Å². The van der Waals surface area contributed by atoms with Crippen molar-refractivity contribution >= 4 is 72.5 Å². The predicted octanol–water partition coefficient (Wildman–Crippen LogP) is 10.5. The summed E-state index contributed by atoms with van der Waals surface area (Å²) in [5, 5.41) is 28.1. The van der Waals surface area contributed by atoms with Crippen molar-refractivity contribution in [2.24, 2.45) is 0 Å². The molecule has 0 unspecified atom stereocenters. The quantitative estimate of drug-likeness (QED) is 0.0312. The van der Waals surface area contributed by atoms with Crippen molar-refractivity contribution in [3.63, 3.8) is 0 Å². The molecule has 145 heavy (non-hydrogen) atoms. The Morgan fingerprint density at radius 3 is 1.04 bits per heavy atom. The number of alkyl carbamates (subject to hydrolysis) is 1. The molecular weight excluding hydrogens is 2060 g/mol. The Morgan fingerprint density at radius 2 is 0.752 bits per heavy atom. The van der Waals surface area contributed by atoms with E-state index in [1.54, 1.807) is 57.5 Å². The SMILES string of the molecule is C1CCOC1.CC(=O)COC1CC(NC(=O)OC(C)(C)C)C1.CCCOC1CC(N(C)C(=O)OC(C)(C)C)C1.CN(C(=O)OC(C)(C)C)C1CC(OCCN2CCN(C(=O)OCc3ccccc3)CC2)C1.CN(C(=O)OC(C)(C)C)C1CC(OCCN2CCNCC2)C1.CN(C(=O)OC(C)(C)C)C1CC(OCCO)C1.CNC1CC(OCC(C)=O)C1.CO.O=C(OCc1ccccc1)N1CCNCC1.[2H]CF.[B].[H-].[Li+].[S]=[W]. The number of aliphatic hydroxyl groups excluding tert-OH is 2. The zero-order valence-electron chi connectivity index (χ0n) is 94.3. The van der Waals surface area contributed by atoms with Crippen LogP contribution in [0.3, 0.4) is 0 Å². The first-order valence-electron chi connectivity index (χ1n) is 51.3. The second-order valence-corrected chi connectivity index (χ2v) is 41.7. The summed E-state index contributed by atoms with van der Waals surface area (Å²) in [6.07, 6.45) is 13.6. The molecule has 37 nitrogen and oxygen atoms in total. The van der Waals surface area contributed by atoms with Gasteiger partial charge in [-0.1, -0.05) is 67.6 Å². The molecule has 10 aliphatic rings. The Balaban J connectivity index is 0.